The van der Waals surface area contributed by atoms with Gasteiger partial charge in [0, 0.05) is 42.3 Å². The van der Waals surface area contributed by atoms with Crippen molar-refractivity contribution in [2.75, 3.05) is 36.1 Å². The van der Waals surface area contributed by atoms with Gasteiger partial charge in [-0.25, -0.2) is 4.98 Å². The molecule has 1 aliphatic heterocycles. The third-order valence-electron chi connectivity index (χ3n) is 5.05. The number of halogens is 2. The Balaban J connectivity index is 0.00000225. The van der Waals surface area contributed by atoms with E-state index >= 15 is 0 Å². The van der Waals surface area contributed by atoms with Gasteiger partial charge in [-0.15, -0.1) is 24.8 Å². The van der Waals surface area contributed by atoms with Crippen molar-refractivity contribution in [2.24, 2.45) is 0 Å². The molecule has 9 heteroatoms. The van der Waals surface area contributed by atoms with E-state index in [0.29, 0.717) is 23.2 Å². The van der Waals surface area contributed by atoms with E-state index in [-0.39, 0.29) is 24.8 Å². The summed E-state index contributed by atoms with van der Waals surface area (Å²) in [6.07, 6.45) is 5.46. The quantitative estimate of drug-likeness (QED) is 0.545. The summed E-state index contributed by atoms with van der Waals surface area (Å²) < 4.78 is 0. The van der Waals surface area contributed by atoms with E-state index in [9.17, 15) is 5.26 Å². The van der Waals surface area contributed by atoms with Crippen molar-refractivity contribution in [3.63, 3.8) is 0 Å². The van der Waals surface area contributed by atoms with Crippen LogP contribution in [0, 0.1) is 11.3 Å². The maximum Gasteiger partial charge on any atom is 0.229 e. The van der Waals surface area contributed by atoms with E-state index in [0.717, 1.165) is 56.0 Å². The van der Waals surface area contributed by atoms with Crippen LogP contribution in [0.4, 0.5) is 23.1 Å². The number of aryl methyl sites for hydroxylation is 1. The van der Waals surface area contributed by atoms with Gasteiger partial charge in [0.15, 0.2) is 0 Å². The van der Waals surface area contributed by atoms with E-state index in [1.54, 1.807) is 18.2 Å². The summed E-state index contributed by atoms with van der Waals surface area (Å²) in [4.78, 5) is 11.8. The Morgan fingerprint density at radius 1 is 1.23 bits per heavy atom. The Kier molecular flexibility index (Phi) is 10.7. The number of nitrogens with one attached hydrogen (secondary N) is 2. The van der Waals surface area contributed by atoms with Crippen molar-refractivity contribution >= 4 is 48.0 Å². The van der Waals surface area contributed by atoms with Crippen molar-refractivity contribution < 1.29 is 0 Å². The molecule has 1 saturated heterocycles. The number of nitrogens with zero attached hydrogens (tertiary/aromatic N) is 4. The smallest absolute Gasteiger partial charge is 0.229 e. The van der Waals surface area contributed by atoms with Crippen LogP contribution in [0.5, 0.6) is 0 Å². The Bertz CT molecular complexity index is 854. The molecule has 164 valence electrons. The Morgan fingerprint density at radius 2 is 2.03 bits per heavy atom. The minimum Gasteiger partial charge on any atom is -0.399 e. The third-order valence-corrected chi connectivity index (χ3v) is 5.05. The Labute approximate surface area is 191 Å². The molecule has 1 aromatic carbocycles. The molecule has 1 unspecified atom stereocenters. The van der Waals surface area contributed by atoms with Gasteiger partial charge in [-0.3, -0.25) is 0 Å². The average molecular weight is 452 g/mol. The lowest BCUT2D eigenvalue weighted by Gasteiger charge is -2.33. The zero-order valence-corrected chi connectivity index (χ0v) is 19.2. The van der Waals surface area contributed by atoms with E-state index in [1.807, 2.05) is 7.05 Å². The van der Waals surface area contributed by atoms with Crippen LogP contribution in [-0.4, -0.2) is 36.1 Å². The first-order valence-corrected chi connectivity index (χ1v) is 9.99. The van der Waals surface area contributed by atoms with Gasteiger partial charge in [0.2, 0.25) is 5.95 Å². The number of anilines is 4. The number of nitrogens with two attached hydrogens (primary N) is 1. The molecular formula is C21H31Cl2N7. The van der Waals surface area contributed by atoms with Crippen molar-refractivity contribution in [2.45, 2.75) is 45.1 Å². The number of likely N-dealkylation sites (N-methyl/N-ethyl adjacent to an activating group) is 1. The van der Waals surface area contributed by atoms with Gasteiger partial charge in [0.1, 0.15) is 5.82 Å². The molecule has 0 saturated carbocycles. The van der Waals surface area contributed by atoms with Gasteiger partial charge < -0.3 is 21.3 Å². The number of hydrogen-bond acceptors (Lipinski definition) is 7. The number of unbranched alkanes of at least 4 members (excludes halogenated alkanes) is 1. The SMILES string of the molecule is CCCCc1cc(N2CCCC(NC)C2)nc(Nc2cc(N)cc(C#N)c2)n1.Cl.Cl. The molecule has 0 radical (unpaired) electrons. The highest BCUT2D eigenvalue weighted by molar-refractivity contribution is 5.85. The van der Waals surface area contributed by atoms with Crippen molar-refractivity contribution in [3.8, 4) is 6.07 Å². The molecule has 4 N–H and O–H groups in total. The summed E-state index contributed by atoms with van der Waals surface area (Å²) in [5, 5.41) is 15.8. The molecule has 1 aromatic heterocycles. The molecule has 0 spiro atoms. The zero-order valence-electron chi connectivity index (χ0n) is 17.5. The van der Waals surface area contributed by atoms with Gasteiger partial charge in [-0.1, -0.05) is 13.3 Å². The molecule has 1 fully saturated rings. The van der Waals surface area contributed by atoms with Crippen LogP contribution < -0.4 is 21.3 Å². The van der Waals surface area contributed by atoms with Crippen molar-refractivity contribution in [1.82, 2.24) is 15.3 Å². The number of piperidine rings is 1. The highest BCUT2D eigenvalue weighted by Crippen LogP contribution is 2.24. The molecule has 30 heavy (non-hydrogen) atoms. The molecule has 0 bridgehead atoms. The van der Waals surface area contributed by atoms with E-state index in [1.165, 1.54) is 6.42 Å². The van der Waals surface area contributed by atoms with Crippen LogP contribution in [0.3, 0.4) is 0 Å². The predicted octanol–water partition coefficient (Wildman–Crippen LogP) is 4.05. The molecule has 2 aromatic rings. The average Bonchev–Trinajstić information content (AvgIpc) is 2.71. The third kappa shape index (κ3) is 6.91. The molecule has 1 aliphatic rings. The normalized spacial score (nSPS) is 15.5. The second-order valence-corrected chi connectivity index (χ2v) is 7.30. The fraction of sp³-hybridized carbons (Fsp3) is 0.476. The van der Waals surface area contributed by atoms with Crippen LogP contribution >= 0.6 is 24.8 Å². The minimum atomic E-state index is 0. The van der Waals surface area contributed by atoms with Crippen LogP contribution in [0.2, 0.25) is 0 Å². The van der Waals surface area contributed by atoms with Crippen molar-refractivity contribution in [1.29, 1.82) is 5.26 Å². The molecule has 0 aliphatic carbocycles. The number of nitrogen functional groups attached to an aromatic ring is 1. The monoisotopic (exact) mass is 451 g/mol. The van der Waals surface area contributed by atoms with Gasteiger partial charge in [-0.05, 0) is 50.9 Å². The second-order valence-electron chi connectivity index (χ2n) is 7.30. The highest BCUT2D eigenvalue weighted by atomic mass is 35.5. The molecule has 7 nitrogen and oxygen atoms in total. The van der Waals surface area contributed by atoms with Gasteiger partial charge in [-0.2, -0.15) is 10.2 Å². The second kappa shape index (κ2) is 12.4. The van der Waals surface area contributed by atoms with Crippen LogP contribution in [0.25, 0.3) is 0 Å². The lowest BCUT2D eigenvalue weighted by Crippen LogP contribution is -2.44. The predicted molar refractivity (Wildman–Crippen MR) is 128 cm³/mol. The summed E-state index contributed by atoms with van der Waals surface area (Å²) >= 11 is 0. The lowest BCUT2D eigenvalue weighted by molar-refractivity contribution is 0.447. The number of benzene rings is 1. The Morgan fingerprint density at radius 3 is 2.73 bits per heavy atom. The fourth-order valence-electron chi connectivity index (χ4n) is 3.53. The molecule has 1 atom stereocenters. The first kappa shape index (κ1) is 25.8. The summed E-state index contributed by atoms with van der Waals surface area (Å²) in [6.45, 7) is 4.12. The minimum absolute atomic E-state index is 0. The van der Waals surface area contributed by atoms with Crippen molar-refractivity contribution in [3.05, 3.63) is 35.5 Å². The van der Waals surface area contributed by atoms with Gasteiger partial charge >= 0.3 is 0 Å². The first-order valence-electron chi connectivity index (χ1n) is 9.99. The maximum atomic E-state index is 9.18. The van der Waals surface area contributed by atoms with Crippen LogP contribution in [-0.2, 0) is 6.42 Å². The maximum absolute atomic E-state index is 9.18. The van der Waals surface area contributed by atoms with E-state index in [4.69, 9.17) is 15.7 Å². The summed E-state index contributed by atoms with van der Waals surface area (Å²) in [5.41, 5.74) is 8.72. The van der Waals surface area contributed by atoms with Gasteiger partial charge in [0.05, 0.1) is 11.6 Å². The lowest BCUT2D eigenvalue weighted by atomic mass is 10.1. The number of nitriles is 1. The molecule has 3 rings (SSSR count). The van der Waals surface area contributed by atoms with E-state index < -0.39 is 0 Å². The van der Waals surface area contributed by atoms with Gasteiger partial charge in [0.25, 0.3) is 0 Å². The number of hydrogen-bond donors (Lipinski definition) is 3. The number of aromatic nitrogens is 2. The standard InChI is InChI=1S/C21H29N7.2ClH/c1-3-4-6-17-12-20(28-8-5-7-18(14-28)24-2)27-21(25-17)26-19-10-15(13-22)9-16(23)11-19;;/h9-12,18,24H,3-8,14,23H2,1-2H3,(H,25,26,27);2*1H. The zero-order chi connectivity index (χ0) is 19.9. The highest BCUT2D eigenvalue weighted by Gasteiger charge is 2.20. The van der Waals surface area contributed by atoms with E-state index in [2.05, 4.69) is 34.6 Å². The number of rotatable bonds is 7. The summed E-state index contributed by atoms with van der Waals surface area (Å²) in [5.74, 6) is 1.50. The molecule has 2 heterocycles. The largest absolute Gasteiger partial charge is 0.399 e. The summed E-state index contributed by atoms with van der Waals surface area (Å²) in [6, 6.07) is 9.93. The fourth-order valence-corrected chi connectivity index (χ4v) is 3.53. The first-order chi connectivity index (χ1) is 13.6. The van der Waals surface area contributed by atoms with Crippen LogP contribution in [0.1, 0.15) is 43.9 Å². The Hall–Kier alpha value is -2.27. The molecular weight excluding hydrogens is 421 g/mol. The topological polar surface area (TPSA) is 103 Å². The summed E-state index contributed by atoms with van der Waals surface area (Å²) in [7, 11) is 2.01. The molecule has 0 amide bonds. The van der Waals surface area contributed by atoms with Crippen LogP contribution in [0.15, 0.2) is 24.3 Å².